The molecule has 2 aromatic rings. The standard InChI is InChI=1S/C23H22Cl2F2N2O2/c1-22(2,3)10-19-23(12-28,15-8-7-13(24)9-18(15)26)16(11-29(19)21(30)31)14-5-4-6-17(25)20(14)27/h4-9,16,19H,10-11H2,1-3H3,(H,30,31)/t16-,19+,23-/m1/s1. The van der Waals surface area contributed by atoms with Crippen molar-refractivity contribution in [3.05, 3.63) is 69.2 Å². The van der Waals surface area contributed by atoms with E-state index >= 15 is 8.78 Å². The smallest absolute Gasteiger partial charge is 0.407 e. The molecule has 0 spiro atoms. The first-order valence-corrected chi connectivity index (χ1v) is 10.5. The topological polar surface area (TPSA) is 64.3 Å². The second-order valence-electron chi connectivity index (χ2n) is 9.02. The Morgan fingerprint density at radius 2 is 1.97 bits per heavy atom. The van der Waals surface area contributed by atoms with Crippen LogP contribution in [-0.2, 0) is 5.41 Å². The molecule has 0 aliphatic carbocycles. The van der Waals surface area contributed by atoms with Gasteiger partial charge in [0.15, 0.2) is 0 Å². The van der Waals surface area contributed by atoms with Crippen LogP contribution in [0.15, 0.2) is 36.4 Å². The van der Waals surface area contributed by atoms with Crippen LogP contribution < -0.4 is 0 Å². The van der Waals surface area contributed by atoms with E-state index in [0.717, 1.165) is 11.0 Å². The number of benzene rings is 2. The second-order valence-corrected chi connectivity index (χ2v) is 9.86. The van der Waals surface area contributed by atoms with E-state index in [4.69, 9.17) is 23.2 Å². The minimum Gasteiger partial charge on any atom is -0.465 e. The molecule has 4 nitrogen and oxygen atoms in total. The van der Waals surface area contributed by atoms with E-state index in [9.17, 15) is 15.2 Å². The van der Waals surface area contributed by atoms with Crippen molar-refractivity contribution in [2.75, 3.05) is 6.54 Å². The molecular formula is C23H22Cl2F2N2O2. The third-order valence-corrected chi connectivity index (χ3v) is 6.33. The Labute approximate surface area is 190 Å². The highest BCUT2D eigenvalue weighted by Crippen LogP contribution is 2.53. The molecule has 1 N–H and O–H groups in total. The average Bonchev–Trinajstić information content (AvgIpc) is 2.97. The van der Waals surface area contributed by atoms with Crippen LogP contribution in [0.5, 0.6) is 0 Å². The zero-order valence-electron chi connectivity index (χ0n) is 17.3. The molecule has 164 valence electrons. The summed E-state index contributed by atoms with van der Waals surface area (Å²) >= 11 is 11.9. The molecule has 1 heterocycles. The second kappa shape index (κ2) is 8.29. The van der Waals surface area contributed by atoms with Crippen molar-refractivity contribution < 1.29 is 18.7 Å². The summed E-state index contributed by atoms with van der Waals surface area (Å²) in [4.78, 5) is 13.3. The molecule has 1 saturated heterocycles. The first kappa shape index (κ1) is 23.3. The molecule has 2 aromatic carbocycles. The van der Waals surface area contributed by atoms with Gasteiger partial charge in [0.05, 0.1) is 17.1 Å². The van der Waals surface area contributed by atoms with Crippen molar-refractivity contribution >= 4 is 29.3 Å². The van der Waals surface area contributed by atoms with Gasteiger partial charge in [-0.1, -0.05) is 62.2 Å². The molecule has 8 heteroatoms. The van der Waals surface area contributed by atoms with Gasteiger partial charge in [0.2, 0.25) is 0 Å². The van der Waals surface area contributed by atoms with Crippen LogP contribution in [0, 0.1) is 28.4 Å². The Kier molecular flexibility index (Phi) is 6.23. The lowest BCUT2D eigenvalue weighted by Gasteiger charge is -2.38. The number of likely N-dealkylation sites (tertiary alicyclic amines) is 1. The SMILES string of the molecule is CC(C)(C)C[C@@H]1N(C(=O)O)C[C@H](c2cccc(Cl)c2F)[C@@]1(C#N)c1ccc(Cl)cc1F. The lowest BCUT2D eigenvalue weighted by Crippen LogP contribution is -2.47. The quantitative estimate of drug-likeness (QED) is 0.552. The van der Waals surface area contributed by atoms with Crippen LogP contribution in [0.3, 0.4) is 0 Å². The Morgan fingerprint density at radius 3 is 2.52 bits per heavy atom. The molecule has 31 heavy (non-hydrogen) atoms. The van der Waals surface area contributed by atoms with Gasteiger partial charge < -0.3 is 10.0 Å². The summed E-state index contributed by atoms with van der Waals surface area (Å²) in [5.74, 6) is -2.46. The average molecular weight is 467 g/mol. The lowest BCUT2D eigenvalue weighted by atomic mass is 9.64. The molecular weight excluding hydrogens is 445 g/mol. The van der Waals surface area contributed by atoms with E-state index in [1.807, 2.05) is 20.8 Å². The van der Waals surface area contributed by atoms with Gasteiger partial charge in [0.1, 0.15) is 17.0 Å². The molecule has 0 saturated carbocycles. The van der Waals surface area contributed by atoms with Crippen LogP contribution >= 0.6 is 23.2 Å². The zero-order chi connectivity index (χ0) is 23.1. The first-order chi connectivity index (χ1) is 14.4. The Bertz CT molecular complexity index is 1060. The maximum atomic E-state index is 15.2. The van der Waals surface area contributed by atoms with E-state index in [1.165, 1.54) is 30.3 Å². The van der Waals surface area contributed by atoms with Gasteiger partial charge in [-0.15, -0.1) is 0 Å². The number of hydrogen-bond donors (Lipinski definition) is 1. The first-order valence-electron chi connectivity index (χ1n) is 9.72. The van der Waals surface area contributed by atoms with Crippen LogP contribution in [0.25, 0.3) is 0 Å². The molecule has 0 radical (unpaired) electrons. The minimum atomic E-state index is -1.69. The van der Waals surface area contributed by atoms with E-state index in [2.05, 4.69) is 6.07 Å². The zero-order valence-corrected chi connectivity index (χ0v) is 18.8. The highest BCUT2D eigenvalue weighted by atomic mass is 35.5. The van der Waals surface area contributed by atoms with Gasteiger partial charge >= 0.3 is 6.09 Å². The predicted molar refractivity (Wildman–Crippen MR) is 115 cm³/mol. The van der Waals surface area contributed by atoms with Crippen molar-refractivity contribution in [3.8, 4) is 6.07 Å². The van der Waals surface area contributed by atoms with E-state index in [-0.39, 0.29) is 34.1 Å². The maximum Gasteiger partial charge on any atom is 0.407 e. The van der Waals surface area contributed by atoms with Gasteiger partial charge in [-0.2, -0.15) is 5.26 Å². The van der Waals surface area contributed by atoms with E-state index in [0.29, 0.717) is 0 Å². The highest BCUT2D eigenvalue weighted by Gasteiger charge is 2.60. The number of rotatable bonds is 3. The number of carboxylic acid groups (broad SMARTS) is 1. The number of hydrogen-bond acceptors (Lipinski definition) is 2. The number of carbonyl (C=O) groups is 1. The number of nitrogens with zero attached hydrogens (tertiary/aromatic N) is 2. The van der Waals surface area contributed by atoms with Crippen LogP contribution in [0.2, 0.25) is 10.0 Å². The van der Waals surface area contributed by atoms with Gasteiger partial charge in [0.25, 0.3) is 0 Å². The molecule has 1 fully saturated rings. The summed E-state index contributed by atoms with van der Waals surface area (Å²) in [6, 6.07) is 9.57. The van der Waals surface area contributed by atoms with Crippen molar-refractivity contribution in [1.82, 2.24) is 4.90 Å². The predicted octanol–water partition coefficient (Wildman–Crippen LogP) is 6.62. The fraction of sp³-hybridized carbons (Fsp3) is 0.391. The fourth-order valence-electron chi connectivity index (χ4n) is 4.55. The molecule has 1 aliphatic rings. The molecule has 1 amide bonds. The summed E-state index contributed by atoms with van der Waals surface area (Å²) in [7, 11) is 0. The Balaban J connectivity index is 2.37. The normalized spacial score (nSPS) is 23.6. The lowest BCUT2D eigenvalue weighted by molar-refractivity contribution is 0.119. The fourth-order valence-corrected chi connectivity index (χ4v) is 4.89. The summed E-state index contributed by atoms with van der Waals surface area (Å²) < 4.78 is 30.3. The van der Waals surface area contributed by atoms with Crippen LogP contribution in [0.4, 0.5) is 13.6 Å². The number of halogens is 4. The Hall–Kier alpha value is -2.36. The monoisotopic (exact) mass is 466 g/mol. The Morgan fingerprint density at radius 1 is 1.29 bits per heavy atom. The van der Waals surface area contributed by atoms with Gasteiger partial charge in [-0.05, 0) is 35.6 Å². The third kappa shape index (κ3) is 4.09. The largest absolute Gasteiger partial charge is 0.465 e. The summed E-state index contributed by atoms with van der Waals surface area (Å²) in [5.41, 5.74) is -2.02. The third-order valence-electron chi connectivity index (χ3n) is 5.80. The molecule has 3 atom stereocenters. The molecule has 0 unspecified atom stereocenters. The van der Waals surface area contributed by atoms with Gasteiger partial charge in [-0.3, -0.25) is 0 Å². The van der Waals surface area contributed by atoms with Gasteiger partial charge in [-0.25, -0.2) is 13.6 Å². The van der Waals surface area contributed by atoms with Crippen LogP contribution in [0.1, 0.15) is 44.2 Å². The van der Waals surface area contributed by atoms with Crippen LogP contribution in [-0.4, -0.2) is 28.7 Å². The van der Waals surface area contributed by atoms with Crippen molar-refractivity contribution in [3.63, 3.8) is 0 Å². The highest BCUT2D eigenvalue weighted by molar-refractivity contribution is 6.31. The molecule has 3 rings (SSSR count). The maximum absolute atomic E-state index is 15.2. The minimum absolute atomic E-state index is 0.0122. The van der Waals surface area contributed by atoms with E-state index < -0.39 is 40.5 Å². The summed E-state index contributed by atoms with van der Waals surface area (Å²) in [5, 5.41) is 20.4. The molecule has 1 aliphatic heterocycles. The summed E-state index contributed by atoms with van der Waals surface area (Å²) in [6.45, 7) is 5.53. The van der Waals surface area contributed by atoms with Crippen molar-refractivity contribution in [2.24, 2.45) is 5.41 Å². The van der Waals surface area contributed by atoms with Gasteiger partial charge in [0, 0.05) is 23.0 Å². The van der Waals surface area contributed by atoms with Crippen molar-refractivity contribution in [1.29, 1.82) is 5.26 Å². The van der Waals surface area contributed by atoms with Crippen molar-refractivity contribution in [2.45, 2.75) is 44.6 Å². The number of nitriles is 1. The molecule has 0 aromatic heterocycles. The summed E-state index contributed by atoms with van der Waals surface area (Å²) in [6.07, 6.45) is -0.999. The van der Waals surface area contributed by atoms with E-state index in [1.54, 1.807) is 0 Å². The molecule has 0 bridgehead atoms. The number of amides is 1.